The summed E-state index contributed by atoms with van der Waals surface area (Å²) in [6, 6.07) is -0.0571. The van der Waals surface area contributed by atoms with Gasteiger partial charge in [0.15, 0.2) is 0 Å². The molecule has 0 radical (unpaired) electrons. The zero-order valence-corrected chi connectivity index (χ0v) is 12.4. The highest BCUT2D eigenvalue weighted by Crippen LogP contribution is 2.18. The van der Waals surface area contributed by atoms with Gasteiger partial charge in [-0.25, -0.2) is 0 Å². The van der Waals surface area contributed by atoms with Crippen LogP contribution in [-0.2, 0) is 19.8 Å². The monoisotopic (exact) mass is 307 g/mol. The van der Waals surface area contributed by atoms with Crippen LogP contribution in [0.2, 0.25) is 0 Å². The minimum atomic E-state index is -3.73. The molecule has 3 N–H and O–H groups in total. The van der Waals surface area contributed by atoms with Gasteiger partial charge >= 0.3 is 5.97 Å². The molecule has 0 aromatic heterocycles. The summed E-state index contributed by atoms with van der Waals surface area (Å²) in [5.41, 5.74) is 0. The van der Waals surface area contributed by atoms with Gasteiger partial charge in [-0.05, 0) is 26.7 Å². The second-order valence-corrected chi connectivity index (χ2v) is 6.82. The van der Waals surface area contributed by atoms with Crippen LogP contribution in [0.5, 0.6) is 0 Å². The van der Waals surface area contributed by atoms with E-state index >= 15 is 0 Å². The first-order chi connectivity index (χ1) is 9.22. The van der Waals surface area contributed by atoms with Crippen LogP contribution in [0.15, 0.2) is 0 Å². The Morgan fingerprint density at radius 2 is 1.85 bits per heavy atom. The minimum absolute atomic E-state index is 0.0571. The Bertz CT molecular complexity index is 455. The van der Waals surface area contributed by atoms with Crippen LogP contribution in [-0.4, -0.2) is 55.4 Å². The number of amides is 1. The maximum Gasteiger partial charge on any atom is 0.306 e. The predicted molar refractivity (Wildman–Crippen MR) is 72.1 cm³/mol. The van der Waals surface area contributed by atoms with Crippen molar-refractivity contribution in [2.75, 3.05) is 19.6 Å². The molecule has 1 saturated heterocycles. The van der Waals surface area contributed by atoms with Gasteiger partial charge in [0, 0.05) is 19.1 Å². The predicted octanol–water partition coefficient (Wildman–Crippen LogP) is -0.858. The molecular weight excluding hydrogens is 286 g/mol. The van der Waals surface area contributed by atoms with E-state index in [1.54, 1.807) is 13.8 Å². The summed E-state index contributed by atoms with van der Waals surface area (Å²) in [5, 5.41) is 11.4. The van der Waals surface area contributed by atoms with Crippen LogP contribution in [0.4, 0.5) is 0 Å². The summed E-state index contributed by atoms with van der Waals surface area (Å²) < 4.78 is 27.3. The van der Waals surface area contributed by atoms with Gasteiger partial charge in [-0.3, -0.25) is 9.59 Å². The van der Waals surface area contributed by atoms with Crippen LogP contribution >= 0.6 is 0 Å². The highest BCUT2D eigenvalue weighted by molar-refractivity contribution is 7.87. The van der Waals surface area contributed by atoms with Crippen LogP contribution in [0.3, 0.4) is 0 Å². The molecule has 0 spiro atoms. The van der Waals surface area contributed by atoms with Crippen LogP contribution < -0.4 is 10.0 Å². The molecule has 1 amide bonds. The van der Waals surface area contributed by atoms with E-state index in [0.717, 1.165) is 0 Å². The van der Waals surface area contributed by atoms with Gasteiger partial charge < -0.3 is 10.4 Å². The minimum Gasteiger partial charge on any atom is -0.481 e. The van der Waals surface area contributed by atoms with Gasteiger partial charge in [0.2, 0.25) is 5.91 Å². The molecule has 0 aromatic rings. The molecule has 1 rings (SSSR count). The Balaban J connectivity index is 2.46. The highest BCUT2D eigenvalue weighted by atomic mass is 32.2. The first-order valence-corrected chi connectivity index (χ1v) is 7.93. The second kappa shape index (κ2) is 7.00. The van der Waals surface area contributed by atoms with E-state index in [1.807, 2.05) is 0 Å². The molecule has 1 heterocycles. The third-order valence-corrected chi connectivity index (χ3v) is 4.56. The lowest BCUT2D eigenvalue weighted by atomic mass is 9.99. The molecule has 8 nitrogen and oxygen atoms in total. The van der Waals surface area contributed by atoms with Crippen LogP contribution in [0.1, 0.15) is 26.7 Å². The Morgan fingerprint density at radius 1 is 1.30 bits per heavy atom. The number of nitrogens with zero attached hydrogens (tertiary/aromatic N) is 1. The average molecular weight is 307 g/mol. The Labute approximate surface area is 118 Å². The summed E-state index contributed by atoms with van der Waals surface area (Å²) in [7, 11) is -3.73. The lowest BCUT2D eigenvalue weighted by molar-refractivity contribution is -0.142. The van der Waals surface area contributed by atoms with E-state index in [0.29, 0.717) is 0 Å². The number of hydrogen-bond acceptors (Lipinski definition) is 4. The lowest BCUT2D eigenvalue weighted by Crippen LogP contribution is -2.48. The number of carboxylic acid groups (broad SMARTS) is 1. The fraction of sp³-hybridized carbons (Fsp3) is 0.818. The molecule has 0 bridgehead atoms. The first kappa shape index (κ1) is 16.9. The van der Waals surface area contributed by atoms with Gasteiger partial charge in [-0.15, -0.1) is 0 Å². The number of carbonyl (C=O) groups is 2. The van der Waals surface area contributed by atoms with Gasteiger partial charge in [0.05, 0.1) is 12.5 Å². The van der Waals surface area contributed by atoms with E-state index in [-0.39, 0.29) is 38.5 Å². The van der Waals surface area contributed by atoms with Crippen molar-refractivity contribution in [1.82, 2.24) is 14.3 Å². The zero-order valence-electron chi connectivity index (χ0n) is 11.6. The summed E-state index contributed by atoms with van der Waals surface area (Å²) in [4.78, 5) is 22.2. The smallest absolute Gasteiger partial charge is 0.306 e. The molecule has 0 aliphatic carbocycles. The molecule has 0 unspecified atom stereocenters. The first-order valence-electron chi connectivity index (χ1n) is 6.49. The van der Waals surface area contributed by atoms with Crippen LogP contribution in [0, 0.1) is 5.92 Å². The normalized spacial score (nSPS) is 18.1. The molecule has 116 valence electrons. The number of piperidine rings is 1. The number of nitrogens with one attached hydrogen (secondary N) is 2. The van der Waals surface area contributed by atoms with Crippen molar-refractivity contribution in [2.45, 2.75) is 32.7 Å². The second-order valence-electron chi connectivity index (χ2n) is 5.06. The maximum absolute atomic E-state index is 11.9. The van der Waals surface area contributed by atoms with Crippen molar-refractivity contribution in [3.05, 3.63) is 0 Å². The third-order valence-electron chi connectivity index (χ3n) is 3.01. The van der Waals surface area contributed by atoms with Crippen LogP contribution in [0.25, 0.3) is 0 Å². The molecule has 0 atom stereocenters. The summed E-state index contributed by atoms with van der Waals surface area (Å²) in [5.74, 6) is -1.79. The fourth-order valence-corrected chi connectivity index (χ4v) is 3.15. The molecule has 9 heteroatoms. The molecule has 1 fully saturated rings. The number of carboxylic acids is 1. The van der Waals surface area contributed by atoms with Crippen molar-refractivity contribution < 1.29 is 23.1 Å². The highest BCUT2D eigenvalue weighted by Gasteiger charge is 2.30. The quantitative estimate of drug-likeness (QED) is 0.590. The zero-order chi connectivity index (χ0) is 15.3. The standard InChI is InChI=1S/C11H21N3O5S/c1-8(2)13-10(15)7-12-20(18,19)14-5-3-9(4-6-14)11(16)17/h8-9,12H,3-7H2,1-2H3,(H,13,15)(H,16,17). The SMILES string of the molecule is CC(C)NC(=O)CNS(=O)(=O)N1CCC(C(=O)O)CC1. The van der Waals surface area contributed by atoms with Crippen molar-refractivity contribution in [3.63, 3.8) is 0 Å². The Hall–Kier alpha value is -1.19. The summed E-state index contributed by atoms with van der Waals surface area (Å²) in [6.07, 6.45) is 0.572. The largest absolute Gasteiger partial charge is 0.481 e. The number of aliphatic carboxylic acids is 1. The maximum atomic E-state index is 11.9. The van der Waals surface area contributed by atoms with Crippen molar-refractivity contribution in [3.8, 4) is 0 Å². The third kappa shape index (κ3) is 5.06. The van der Waals surface area contributed by atoms with Crippen molar-refractivity contribution in [1.29, 1.82) is 0 Å². The van der Waals surface area contributed by atoms with Crippen molar-refractivity contribution in [2.24, 2.45) is 5.92 Å². The molecule has 0 aromatic carbocycles. The number of rotatable bonds is 6. The number of hydrogen-bond donors (Lipinski definition) is 3. The Kier molecular flexibility index (Phi) is 5.90. The molecule has 1 aliphatic rings. The van der Waals surface area contributed by atoms with E-state index in [2.05, 4.69) is 10.0 Å². The Morgan fingerprint density at radius 3 is 2.30 bits per heavy atom. The van der Waals surface area contributed by atoms with E-state index in [9.17, 15) is 18.0 Å². The van der Waals surface area contributed by atoms with E-state index in [1.165, 1.54) is 4.31 Å². The molecule has 20 heavy (non-hydrogen) atoms. The average Bonchev–Trinajstić information content (AvgIpc) is 2.36. The molecule has 0 saturated carbocycles. The topological polar surface area (TPSA) is 116 Å². The van der Waals surface area contributed by atoms with Gasteiger partial charge in [0.1, 0.15) is 0 Å². The fourth-order valence-electron chi connectivity index (χ4n) is 1.96. The van der Waals surface area contributed by atoms with E-state index < -0.39 is 28.0 Å². The summed E-state index contributed by atoms with van der Waals surface area (Å²) >= 11 is 0. The molecule has 1 aliphatic heterocycles. The summed E-state index contributed by atoms with van der Waals surface area (Å²) in [6.45, 7) is 3.54. The molecular formula is C11H21N3O5S. The van der Waals surface area contributed by atoms with Gasteiger partial charge in [0.25, 0.3) is 10.2 Å². The van der Waals surface area contributed by atoms with Crippen molar-refractivity contribution >= 4 is 22.1 Å². The van der Waals surface area contributed by atoms with E-state index in [4.69, 9.17) is 5.11 Å². The number of carbonyl (C=O) groups excluding carboxylic acids is 1. The lowest BCUT2D eigenvalue weighted by Gasteiger charge is -2.29. The van der Waals surface area contributed by atoms with Gasteiger partial charge in [-0.2, -0.15) is 17.4 Å². The van der Waals surface area contributed by atoms with Gasteiger partial charge in [-0.1, -0.05) is 0 Å².